The summed E-state index contributed by atoms with van der Waals surface area (Å²) >= 11 is 10.3. The molecular weight excluding hydrogens is 168 g/mol. The molecule has 0 bridgehead atoms. The smallest absolute Gasteiger partial charge is 0.0407 e. The van der Waals surface area contributed by atoms with E-state index in [1.165, 1.54) is 9.79 Å². The predicted octanol–water partition coefficient (Wildman–Crippen LogP) is 2.73. The Bertz CT molecular complexity index is 264. The van der Waals surface area contributed by atoms with Crippen molar-refractivity contribution in [2.75, 3.05) is 0 Å². The van der Waals surface area contributed by atoms with Gasteiger partial charge in [-0.05, 0) is 12.1 Å². The average molecular weight is 172 g/mol. The quantitative estimate of drug-likeness (QED) is 0.455. The van der Waals surface area contributed by atoms with E-state index in [4.69, 9.17) is 0 Å². The summed E-state index contributed by atoms with van der Waals surface area (Å²) in [6, 6.07) is 4.05. The van der Waals surface area contributed by atoms with Gasteiger partial charge in [0, 0.05) is 19.6 Å². The van der Waals surface area contributed by atoms with E-state index >= 15 is 0 Å². The molecule has 0 aromatic heterocycles. The van der Waals surface area contributed by atoms with Gasteiger partial charge in [-0.25, -0.2) is 0 Å². The number of hydrogen-bond acceptors (Lipinski definition) is 3. The molecule has 9 heavy (non-hydrogen) atoms. The van der Waals surface area contributed by atoms with Gasteiger partial charge < -0.3 is 0 Å². The second-order valence-electron chi connectivity index (χ2n) is 1.86. The molecule has 1 aliphatic heterocycles. The van der Waals surface area contributed by atoms with E-state index < -0.39 is 0 Å². The lowest BCUT2D eigenvalue weighted by atomic mass is 10.4. The fraction of sp³-hybridized carbons (Fsp3) is 0. The third-order valence-electron chi connectivity index (χ3n) is 1.24. The first-order valence-corrected chi connectivity index (χ1v) is 4.23. The van der Waals surface area contributed by atoms with E-state index in [0.29, 0.717) is 0 Å². The minimum Gasteiger partial charge on any atom is -0.142 e. The highest BCUT2D eigenvalue weighted by atomic mass is 32.2. The monoisotopic (exact) mass is 172 g/mol. The fourth-order valence-corrected chi connectivity index (χ4v) is 2.06. The molecule has 0 saturated carbocycles. The van der Waals surface area contributed by atoms with Crippen LogP contribution in [0.15, 0.2) is 31.7 Å². The average Bonchev–Trinajstić information content (AvgIpc) is 2.58. The zero-order valence-corrected chi connectivity index (χ0v) is 7.06. The number of fused-ring (bicyclic) bond motifs is 1. The van der Waals surface area contributed by atoms with Gasteiger partial charge in [-0.1, -0.05) is 11.8 Å². The highest BCUT2D eigenvalue weighted by Crippen LogP contribution is 2.53. The van der Waals surface area contributed by atoms with Gasteiger partial charge >= 0.3 is 0 Å². The van der Waals surface area contributed by atoms with Crippen LogP contribution in [0, 0.1) is 0 Å². The van der Waals surface area contributed by atoms with Crippen molar-refractivity contribution in [3.63, 3.8) is 0 Å². The van der Waals surface area contributed by atoms with Gasteiger partial charge in [0.25, 0.3) is 0 Å². The first-order valence-electron chi connectivity index (χ1n) is 2.52. The van der Waals surface area contributed by atoms with Crippen LogP contribution in [0.25, 0.3) is 0 Å². The zero-order valence-electron chi connectivity index (χ0n) is 4.46. The molecule has 0 N–H and O–H groups in total. The summed E-state index contributed by atoms with van der Waals surface area (Å²) in [6.07, 6.45) is 0. The third-order valence-corrected chi connectivity index (χ3v) is 3.39. The lowest BCUT2D eigenvalue weighted by Gasteiger charge is -1.90. The number of benzene rings is 1. The van der Waals surface area contributed by atoms with Crippen LogP contribution in [0.1, 0.15) is 0 Å². The lowest BCUT2D eigenvalue weighted by molar-refractivity contribution is 1.11. The molecule has 2 rings (SSSR count). The van der Waals surface area contributed by atoms with Crippen LogP contribution < -0.4 is 0 Å². The van der Waals surface area contributed by atoms with E-state index in [1.807, 2.05) is 6.07 Å². The normalized spacial score (nSPS) is 13.1. The van der Waals surface area contributed by atoms with Gasteiger partial charge in [0.05, 0.1) is 0 Å². The molecule has 3 heteroatoms. The Morgan fingerprint density at radius 3 is 2.67 bits per heavy atom. The number of rotatable bonds is 0. The second-order valence-corrected chi connectivity index (χ2v) is 3.84. The van der Waals surface area contributed by atoms with E-state index in [1.54, 1.807) is 11.8 Å². The maximum atomic E-state index is 4.27. The van der Waals surface area contributed by atoms with Crippen molar-refractivity contribution in [1.29, 1.82) is 0 Å². The minimum absolute atomic E-state index is 0.974. The maximum absolute atomic E-state index is 4.27. The van der Waals surface area contributed by atoms with Crippen LogP contribution in [0.5, 0.6) is 0 Å². The third kappa shape index (κ3) is 0.876. The first kappa shape index (κ1) is 6.01. The maximum Gasteiger partial charge on any atom is 0.0407 e. The topological polar surface area (TPSA) is 0 Å². The molecule has 0 radical (unpaired) electrons. The van der Waals surface area contributed by atoms with E-state index in [2.05, 4.69) is 31.3 Å². The summed E-state index contributed by atoms with van der Waals surface area (Å²) in [5.41, 5.74) is 0. The Morgan fingerprint density at radius 2 is 2.00 bits per heavy atom. The van der Waals surface area contributed by atoms with Crippen molar-refractivity contribution in [2.24, 2.45) is 0 Å². The van der Waals surface area contributed by atoms with Crippen LogP contribution in [0.4, 0.5) is 0 Å². The summed E-state index contributed by atoms with van der Waals surface area (Å²) in [4.78, 5) is 4.64. The molecule has 0 amide bonds. The van der Waals surface area contributed by atoms with Gasteiger partial charge in [0.2, 0.25) is 0 Å². The van der Waals surface area contributed by atoms with Crippen LogP contribution in [-0.2, 0) is 0 Å². The molecule has 1 aliphatic rings. The summed E-state index contributed by atoms with van der Waals surface area (Å²) < 4.78 is 0. The van der Waals surface area contributed by atoms with Gasteiger partial charge in [0.15, 0.2) is 0 Å². The molecule has 0 fully saturated rings. The van der Waals surface area contributed by atoms with Crippen molar-refractivity contribution >= 4 is 37.0 Å². The molecule has 1 heterocycles. The molecule has 46 valence electrons. The van der Waals surface area contributed by atoms with Crippen molar-refractivity contribution < 1.29 is 0 Å². The second kappa shape index (κ2) is 1.87. The molecule has 0 nitrogen and oxygen atoms in total. The molecule has 1 aromatic carbocycles. The van der Waals surface area contributed by atoms with Crippen molar-refractivity contribution in [2.45, 2.75) is 19.6 Å². The van der Waals surface area contributed by atoms with Crippen LogP contribution in [0.3, 0.4) is 0 Å². The standard InChI is InChI=1S/C6H4S3/c7-3-1-2-4-6(9-4)5(3)8/h1-2,7-8H. The Kier molecular flexibility index (Phi) is 1.25. The summed E-state index contributed by atoms with van der Waals surface area (Å²) in [5, 5.41) is 0. The van der Waals surface area contributed by atoms with Crippen molar-refractivity contribution in [3.05, 3.63) is 12.1 Å². The highest BCUT2D eigenvalue weighted by Gasteiger charge is 2.21. The van der Waals surface area contributed by atoms with E-state index in [0.717, 1.165) is 9.79 Å². The zero-order chi connectivity index (χ0) is 6.43. The van der Waals surface area contributed by atoms with Gasteiger partial charge in [-0.3, -0.25) is 0 Å². The molecule has 0 aliphatic carbocycles. The largest absolute Gasteiger partial charge is 0.142 e. The van der Waals surface area contributed by atoms with Gasteiger partial charge in [0.1, 0.15) is 0 Å². The molecule has 0 unspecified atom stereocenters. The summed E-state index contributed by atoms with van der Waals surface area (Å²) in [6.45, 7) is 0. The van der Waals surface area contributed by atoms with Gasteiger partial charge in [-0.2, -0.15) is 0 Å². The van der Waals surface area contributed by atoms with E-state index in [-0.39, 0.29) is 0 Å². The summed E-state index contributed by atoms with van der Waals surface area (Å²) in [7, 11) is 0. The van der Waals surface area contributed by atoms with Crippen LogP contribution in [0.2, 0.25) is 0 Å². The predicted molar refractivity (Wildman–Crippen MR) is 45.1 cm³/mol. The number of hydrogen-bond donors (Lipinski definition) is 2. The molecule has 0 spiro atoms. The van der Waals surface area contributed by atoms with Crippen LogP contribution >= 0.6 is 37.0 Å². The van der Waals surface area contributed by atoms with Crippen molar-refractivity contribution in [1.82, 2.24) is 0 Å². The fourth-order valence-electron chi connectivity index (χ4n) is 0.709. The SMILES string of the molecule is Sc1ccc2c(c1S)S2. The molecule has 1 aromatic rings. The Balaban J connectivity index is 2.70. The summed E-state index contributed by atoms with van der Waals surface area (Å²) in [5.74, 6) is 0. The lowest BCUT2D eigenvalue weighted by Crippen LogP contribution is -1.64. The Hall–Kier alpha value is 0.270. The first-order chi connectivity index (χ1) is 4.29. The number of thiol groups is 2. The minimum atomic E-state index is 0.974. The van der Waals surface area contributed by atoms with Crippen LogP contribution in [-0.4, -0.2) is 0 Å². The van der Waals surface area contributed by atoms with E-state index in [9.17, 15) is 0 Å². The Morgan fingerprint density at radius 1 is 1.22 bits per heavy atom. The molecule has 0 atom stereocenters. The van der Waals surface area contributed by atoms with Crippen molar-refractivity contribution in [3.8, 4) is 0 Å². The van der Waals surface area contributed by atoms with Gasteiger partial charge in [-0.15, -0.1) is 25.3 Å². The highest BCUT2D eigenvalue weighted by molar-refractivity contribution is 8.05. The molecular formula is C6H4S3. The Labute approximate surface area is 68.9 Å². The molecule has 0 saturated heterocycles.